The summed E-state index contributed by atoms with van der Waals surface area (Å²) in [6.45, 7) is 5.55. The lowest BCUT2D eigenvalue weighted by Crippen LogP contribution is -2.18. The van der Waals surface area contributed by atoms with Crippen LogP contribution in [0.2, 0.25) is 0 Å². The number of hydrogen-bond acceptors (Lipinski definition) is 1. The summed E-state index contributed by atoms with van der Waals surface area (Å²) in [5.74, 6) is 1.59. The van der Waals surface area contributed by atoms with Crippen LogP contribution in [0.3, 0.4) is 0 Å². The van der Waals surface area contributed by atoms with Gasteiger partial charge in [-0.15, -0.1) is 0 Å². The van der Waals surface area contributed by atoms with Gasteiger partial charge in [0.25, 0.3) is 0 Å². The summed E-state index contributed by atoms with van der Waals surface area (Å²) >= 11 is 0. The summed E-state index contributed by atoms with van der Waals surface area (Å²) in [6.07, 6.45) is 7.18. The van der Waals surface area contributed by atoms with Crippen LogP contribution in [0.1, 0.15) is 26.7 Å². The second-order valence-electron chi connectivity index (χ2n) is 4.16. The molecule has 0 amide bonds. The van der Waals surface area contributed by atoms with Crippen molar-refractivity contribution in [3.63, 3.8) is 0 Å². The summed E-state index contributed by atoms with van der Waals surface area (Å²) in [6, 6.07) is 0. The zero-order valence-electron chi connectivity index (χ0n) is 7.34. The van der Waals surface area contributed by atoms with E-state index < -0.39 is 0 Å². The van der Waals surface area contributed by atoms with E-state index in [1.54, 1.807) is 0 Å². The van der Waals surface area contributed by atoms with Gasteiger partial charge in [-0.2, -0.15) is 0 Å². The fourth-order valence-electron chi connectivity index (χ4n) is 1.78. The molecule has 0 N–H and O–H groups in total. The van der Waals surface area contributed by atoms with Crippen LogP contribution in [0, 0.1) is 11.8 Å². The number of hydrogen-bond donors (Lipinski definition) is 0. The van der Waals surface area contributed by atoms with Gasteiger partial charge >= 0.3 is 0 Å². The largest absolute Gasteiger partial charge is 0.365 e. The van der Waals surface area contributed by atoms with Gasteiger partial charge in [0.1, 0.15) is 5.60 Å². The minimum Gasteiger partial charge on any atom is -0.365 e. The molecule has 0 saturated carbocycles. The molecule has 2 aliphatic rings. The van der Waals surface area contributed by atoms with Gasteiger partial charge in [-0.1, -0.05) is 26.0 Å². The van der Waals surface area contributed by atoms with Crippen molar-refractivity contribution in [3.8, 4) is 0 Å². The van der Waals surface area contributed by atoms with Crippen LogP contribution in [-0.4, -0.2) is 12.2 Å². The van der Waals surface area contributed by atoms with Crippen LogP contribution >= 0.6 is 0 Å². The Bertz CT molecular complexity index is 177. The molecule has 0 aromatic carbocycles. The molecule has 0 unspecified atom stereocenters. The molecule has 1 aliphatic heterocycles. The van der Waals surface area contributed by atoms with Gasteiger partial charge in [0.15, 0.2) is 0 Å². The molecule has 1 spiro atoms. The highest BCUT2D eigenvalue weighted by Gasteiger charge is 2.43. The SMILES string of the molecule is CC(C)[C@@H]1C=C[C@@]2(CC1)CO2. The molecule has 0 bridgehead atoms. The van der Waals surface area contributed by atoms with Crippen molar-refractivity contribution in [1.82, 2.24) is 0 Å². The van der Waals surface area contributed by atoms with Crippen LogP contribution in [0.5, 0.6) is 0 Å². The molecule has 0 aromatic rings. The molecule has 2 rings (SSSR count). The van der Waals surface area contributed by atoms with Crippen molar-refractivity contribution in [3.05, 3.63) is 12.2 Å². The normalized spacial score (nSPS) is 41.9. The Balaban J connectivity index is 2.00. The van der Waals surface area contributed by atoms with Crippen molar-refractivity contribution in [2.45, 2.75) is 32.3 Å². The molecular formula is C10H16O. The van der Waals surface area contributed by atoms with Gasteiger partial charge in [0.2, 0.25) is 0 Å². The molecule has 1 heterocycles. The van der Waals surface area contributed by atoms with Gasteiger partial charge in [0, 0.05) is 0 Å². The molecule has 0 aromatic heterocycles. The first-order valence-corrected chi connectivity index (χ1v) is 4.55. The van der Waals surface area contributed by atoms with E-state index in [1.807, 2.05) is 0 Å². The minimum atomic E-state index is 0.214. The average Bonchev–Trinajstić information content (AvgIpc) is 2.70. The smallest absolute Gasteiger partial charge is 0.110 e. The maximum absolute atomic E-state index is 5.38. The van der Waals surface area contributed by atoms with E-state index in [9.17, 15) is 0 Å². The third kappa shape index (κ3) is 1.34. The lowest BCUT2D eigenvalue weighted by atomic mass is 9.83. The van der Waals surface area contributed by atoms with Crippen LogP contribution < -0.4 is 0 Å². The van der Waals surface area contributed by atoms with Crippen molar-refractivity contribution in [2.24, 2.45) is 11.8 Å². The maximum atomic E-state index is 5.38. The number of ether oxygens (including phenoxy) is 1. The second-order valence-corrected chi connectivity index (χ2v) is 4.16. The fraction of sp³-hybridized carbons (Fsp3) is 0.800. The summed E-state index contributed by atoms with van der Waals surface area (Å²) < 4.78 is 5.38. The summed E-state index contributed by atoms with van der Waals surface area (Å²) in [5, 5.41) is 0. The average molecular weight is 152 g/mol. The predicted octanol–water partition coefficient (Wildman–Crippen LogP) is 2.38. The Morgan fingerprint density at radius 2 is 2.27 bits per heavy atom. The third-order valence-corrected chi connectivity index (χ3v) is 2.92. The topological polar surface area (TPSA) is 12.5 Å². The highest BCUT2D eigenvalue weighted by Crippen LogP contribution is 2.40. The van der Waals surface area contributed by atoms with Crippen LogP contribution in [0.25, 0.3) is 0 Å². The van der Waals surface area contributed by atoms with Crippen LogP contribution in [-0.2, 0) is 4.74 Å². The monoisotopic (exact) mass is 152 g/mol. The standard InChI is InChI=1S/C10H16O/c1-8(2)9-3-5-10(6-4-9)7-11-10/h3,5,8-9H,4,6-7H2,1-2H3/t9-,10-/m1/s1. The van der Waals surface area contributed by atoms with Crippen molar-refractivity contribution >= 4 is 0 Å². The lowest BCUT2D eigenvalue weighted by Gasteiger charge is -2.23. The fourth-order valence-corrected chi connectivity index (χ4v) is 1.78. The Labute approximate surface area is 68.4 Å². The first kappa shape index (κ1) is 7.35. The highest BCUT2D eigenvalue weighted by molar-refractivity contribution is 5.15. The van der Waals surface area contributed by atoms with E-state index in [-0.39, 0.29) is 5.60 Å². The first-order chi connectivity index (χ1) is 5.22. The van der Waals surface area contributed by atoms with Crippen LogP contribution in [0.15, 0.2) is 12.2 Å². The molecule has 2 atom stereocenters. The van der Waals surface area contributed by atoms with Gasteiger partial charge in [-0.3, -0.25) is 0 Å². The number of allylic oxidation sites excluding steroid dienone is 1. The zero-order valence-corrected chi connectivity index (χ0v) is 7.34. The zero-order chi connectivity index (χ0) is 7.90. The highest BCUT2D eigenvalue weighted by atomic mass is 16.6. The molecule has 1 saturated heterocycles. The second kappa shape index (κ2) is 2.34. The summed E-state index contributed by atoms with van der Waals surface area (Å²) in [4.78, 5) is 0. The van der Waals surface area contributed by atoms with Crippen LogP contribution in [0.4, 0.5) is 0 Å². The molecule has 1 nitrogen and oxygen atoms in total. The van der Waals surface area contributed by atoms with E-state index in [1.165, 1.54) is 12.8 Å². The summed E-state index contributed by atoms with van der Waals surface area (Å²) in [5.41, 5.74) is 0.214. The number of epoxide rings is 1. The molecule has 1 heteroatoms. The number of rotatable bonds is 1. The molecule has 62 valence electrons. The van der Waals surface area contributed by atoms with Gasteiger partial charge < -0.3 is 4.74 Å². The van der Waals surface area contributed by atoms with Gasteiger partial charge in [-0.25, -0.2) is 0 Å². The van der Waals surface area contributed by atoms with E-state index in [2.05, 4.69) is 26.0 Å². The van der Waals surface area contributed by atoms with Crippen molar-refractivity contribution in [2.75, 3.05) is 6.61 Å². The Morgan fingerprint density at radius 3 is 2.64 bits per heavy atom. The predicted molar refractivity (Wildman–Crippen MR) is 45.4 cm³/mol. The van der Waals surface area contributed by atoms with Crippen molar-refractivity contribution < 1.29 is 4.74 Å². The van der Waals surface area contributed by atoms with E-state index in [4.69, 9.17) is 4.74 Å². The Kier molecular flexibility index (Phi) is 1.57. The lowest BCUT2D eigenvalue weighted by molar-refractivity contribution is 0.289. The quantitative estimate of drug-likeness (QED) is 0.415. The molecule has 1 fully saturated rings. The Hall–Kier alpha value is -0.300. The molecule has 11 heavy (non-hydrogen) atoms. The third-order valence-electron chi connectivity index (χ3n) is 2.92. The van der Waals surface area contributed by atoms with Gasteiger partial charge in [-0.05, 0) is 24.7 Å². The molecule has 0 radical (unpaired) electrons. The Morgan fingerprint density at radius 1 is 1.55 bits per heavy atom. The molecular weight excluding hydrogens is 136 g/mol. The minimum absolute atomic E-state index is 0.214. The van der Waals surface area contributed by atoms with E-state index >= 15 is 0 Å². The molecule has 1 aliphatic carbocycles. The van der Waals surface area contributed by atoms with Gasteiger partial charge in [0.05, 0.1) is 6.61 Å². The maximum Gasteiger partial charge on any atom is 0.110 e. The van der Waals surface area contributed by atoms with E-state index in [0.717, 1.165) is 18.4 Å². The summed E-state index contributed by atoms with van der Waals surface area (Å²) in [7, 11) is 0. The van der Waals surface area contributed by atoms with E-state index in [0.29, 0.717) is 0 Å². The van der Waals surface area contributed by atoms with Crippen molar-refractivity contribution in [1.29, 1.82) is 0 Å². The first-order valence-electron chi connectivity index (χ1n) is 4.55.